The van der Waals surface area contributed by atoms with Crippen LogP contribution in [-0.2, 0) is 22.6 Å². The molecule has 6 rings (SSSR count). The fourth-order valence-corrected chi connectivity index (χ4v) is 8.65. The van der Waals surface area contributed by atoms with E-state index in [1.165, 1.54) is 0 Å². The predicted octanol–water partition coefficient (Wildman–Crippen LogP) is 7.89. The highest BCUT2D eigenvalue weighted by atomic mass is 16.7. The third kappa shape index (κ3) is 8.45. The number of aromatic nitrogens is 3. The first-order valence-electron chi connectivity index (χ1n) is 19.5. The second-order valence-electron chi connectivity index (χ2n) is 14.4. The second-order valence-corrected chi connectivity index (χ2v) is 14.4. The van der Waals surface area contributed by atoms with Crippen LogP contribution in [0.25, 0.3) is 0 Å². The standard InChI is InChI=1S/C43H56N4O6/c1-4-7-18-33-29-44-46-47(33)40-28-38(45-52-30-31-15-9-8-10-16-31)36-26-32(17-11-13-22-48)35(19-12-14-23-49)41-37-27-34(50-24-5-2)20-21-39(37)53-43(40,42(36)41)51-25-6-3/h5-6,8-10,15-16,20-21,26-27,29,32,35,40-42,48-49H,2-4,7,11-14,17-19,22-25,28,30H2,1H3/t32-,35+,40-,41+,42+,43+/m0/s1. The molecule has 1 fully saturated rings. The van der Waals surface area contributed by atoms with Crippen LogP contribution in [0, 0.1) is 17.8 Å². The number of oxime groups is 1. The molecule has 6 atom stereocenters. The van der Waals surface area contributed by atoms with Crippen LogP contribution in [0.4, 0.5) is 0 Å². The molecule has 0 unspecified atom stereocenters. The highest BCUT2D eigenvalue weighted by molar-refractivity contribution is 6.02. The minimum Gasteiger partial charge on any atom is -0.490 e. The number of aliphatic hydroxyl groups excluding tert-OH is 2. The first kappa shape index (κ1) is 38.5. The number of allylic oxidation sites excluding steroid dienone is 1. The summed E-state index contributed by atoms with van der Waals surface area (Å²) >= 11 is 0. The average Bonchev–Trinajstić information content (AvgIpc) is 3.65. The number of aryl methyl sites for hydroxylation is 1. The van der Waals surface area contributed by atoms with E-state index in [1.54, 1.807) is 12.2 Å². The Bertz CT molecular complexity index is 1710. The number of aliphatic hydroxyl groups is 2. The molecule has 2 aromatic carbocycles. The molecule has 1 aromatic heterocycles. The maximum atomic E-state index is 9.88. The van der Waals surface area contributed by atoms with Gasteiger partial charge in [0.05, 0.1) is 30.1 Å². The maximum absolute atomic E-state index is 9.88. The van der Waals surface area contributed by atoms with Gasteiger partial charge in [-0.15, -0.1) is 11.7 Å². The number of unbranched alkanes of at least 4 members (excludes halogenated alkanes) is 3. The first-order chi connectivity index (χ1) is 26.1. The Morgan fingerprint density at radius 1 is 1.00 bits per heavy atom. The summed E-state index contributed by atoms with van der Waals surface area (Å²) < 4.78 is 22.5. The van der Waals surface area contributed by atoms with E-state index in [2.05, 4.69) is 37.3 Å². The number of benzene rings is 2. The number of fused-ring (bicyclic) bond motifs is 2. The van der Waals surface area contributed by atoms with E-state index in [4.69, 9.17) is 29.4 Å². The molecule has 3 aromatic rings. The Morgan fingerprint density at radius 3 is 2.55 bits per heavy atom. The van der Waals surface area contributed by atoms with Gasteiger partial charge in [-0.25, -0.2) is 4.68 Å². The molecule has 2 heterocycles. The molecule has 1 aliphatic heterocycles. The van der Waals surface area contributed by atoms with Crippen molar-refractivity contribution >= 4 is 5.71 Å². The lowest BCUT2D eigenvalue weighted by Gasteiger charge is -2.58. The summed E-state index contributed by atoms with van der Waals surface area (Å²) in [6.45, 7) is 11.4. The molecule has 0 amide bonds. The van der Waals surface area contributed by atoms with Crippen molar-refractivity contribution in [2.45, 2.75) is 95.5 Å². The zero-order valence-electron chi connectivity index (χ0n) is 31.2. The lowest BCUT2D eigenvalue weighted by Crippen LogP contribution is -2.63. The monoisotopic (exact) mass is 724 g/mol. The molecule has 10 heteroatoms. The first-order valence-corrected chi connectivity index (χ1v) is 19.5. The highest BCUT2D eigenvalue weighted by Gasteiger charge is 2.65. The molecule has 0 radical (unpaired) electrons. The molecule has 3 aliphatic rings. The zero-order valence-corrected chi connectivity index (χ0v) is 31.2. The maximum Gasteiger partial charge on any atom is 0.241 e. The molecule has 0 spiro atoms. The van der Waals surface area contributed by atoms with Crippen LogP contribution in [0.5, 0.6) is 11.5 Å². The Kier molecular flexibility index (Phi) is 13.6. The van der Waals surface area contributed by atoms with Crippen molar-refractivity contribution in [1.82, 2.24) is 15.0 Å². The number of nitrogens with zero attached hydrogens (tertiary/aromatic N) is 4. The van der Waals surface area contributed by atoms with Crippen LogP contribution in [-0.4, -0.2) is 63.1 Å². The van der Waals surface area contributed by atoms with Gasteiger partial charge in [0.2, 0.25) is 5.79 Å². The van der Waals surface area contributed by atoms with Gasteiger partial charge in [-0.3, -0.25) is 0 Å². The van der Waals surface area contributed by atoms with Crippen molar-refractivity contribution < 1.29 is 29.3 Å². The molecule has 0 bridgehead atoms. The van der Waals surface area contributed by atoms with Gasteiger partial charge in [0, 0.05) is 31.1 Å². The van der Waals surface area contributed by atoms with E-state index in [9.17, 15) is 10.2 Å². The number of hydrogen-bond donors (Lipinski definition) is 2. The smallest absolute Gasteiger partial charge is 0.241 e. The van der Waals surface area contributed by atoms with Crippen LogP contribution in [0.1, 0.15) is 93.5 Å². The van der Waals surface area contributed by atoms with Crippen LogP contribution >= 0.6 is 0 Å². The van der Waals surface area contributed by atoms with E-state index >= 15 is 0 Å². The van der Waals surface area contributed by atoms with Gasteiger partial charge in [0.15, 0.2) is 0 Å². The molecular weight excluding hydrogens is 668 g/mol. The summed E-state index contributed by atoms with van der Waals surface area (Å²) in [5.41, 5.74) is 5.04. The Labute approximate surface area is 314 Å². The van der Waals surface area contributed by atoms with Crippen molar-refractivity contribution in [2.24, 2.45) is 22.9 Å². The second kappa shape index (κ2) is 18.7. The fourth-order valence-electron chi connectivity index (χ4n) is 8.65. The molecule has 2 aliphatic carbocycles. The molecular formula is C43H56N4O6. The minimum atomic E-state index is -1.18. The predicted molar refractivity (Wildman–Crippen MR) is 206 cm³/mol. The third-order valence-corrected chi connectivity index (χ3v) is 11.0. The molecule has 2 N–H and O–H groups in total. The zero-order chi connectivity index (χ0) is 37.0. The van der Waals surface area contributed by atoms with E-state index in [1.807, 2.05) is 53.3 Å². The van der Waals surface area contributed by atoms with Crippen molar-refractivity contribution in [2.75, 3.05) is 26.4 Å². The van der Waals surface area contributed by atoms with Gasteiger partial charge < -0.3 is 29.3 Å². The molecule has 0 saturated heterocycles. The topological polar surface area (TPSA) is 120 Å². The van der Waals surface area contributed by atoms with Gasteiger partial charge in [-0.1, -0.05) is 91.7 Å². The Hall–Kier alpha value is -4.25. The quantitative estimate of drug-likeness (QED) is 0.0647. The molecule has 53 heavy (non-hydrogen) atoms. The van der Waals surface area contributed by atoms with Crippen LogP contribution in [0.15, 0.2) is 96.8 Å². The number of ether oxygens (including phenoxy) is 3. The van der Waals surface area contributed by atoms with Crippen molar-refractivity contribution in [3.05, 3.63) is 109 Å². The number of rotatable bonds is 21. The Morgan fingerprint density at radius 2 is 1.79 bits per heavy atom. The van der Waals surface area contributed by atoms with Crippen molar-refractivity contribution in [1.29, 1.82) is 0 Å². The van der Waals surface area contributed by atoms with Crippen LogP contribution < -0.4 is 9.47 Å². The van der Waals surface area contributed by atoms with E-state index in [0.29, 0.717) is 19.6 Å². The molecule has 1 saturated carbocycles. The average molecular weight is 725 g/mol. The van der Waals surface area contributed by atoms with Gasteiger partial charge in [0.1, 0.15) is 30.8 Å². The summed E-state index contributed by atoms with van der Waals surface area (Å²) in [6.07, 6.45) is 16.1. The van der Waals surface area contributed by atoms with Crippen LogP contribution in [0.2, 0.25) is 0 Å². The lowest BCUT2D eigenvalue weighted by molar-refractivity contribution is -0.252. The highest BCUT2D eigenvalue weighted by Crippen LogP contribution is 2.63. The molecule has 10 nitrogen and oxygen atoms in total. The SMILES string of the molecule is C=CCOc1ccc2c(c1)[C@H]1[C@H](CCCCO)[C@@H](CCCCO)C=C3C(=NOCc4ccccc4)C[C@H](n4nncc4CCCC)[C@@](OCC=C)(O2)[C@H]31. The normalized spacial score (nSPS) is 25.2. The summed E-state index contributed by atoms with van der Waals surface area (Å²) in [4.78, 5) is 6.19. The van der Waals surface area contributed by atoms with Gasteiger partial charge in [-0.2, -0.15) is 0 Å². The van der Waals surface area contributed by atoms with E-state index in [0.717, 1.165) is 97.4 Å². The van der Waals surface area contributed by atoms with Crippen molar-refractivity contribution in [3.63, 3.8) is 0 Å². The fraction of sp³-hybridized carbons (Fsp3) is 0.512. The van der Waals surface area contributed by atoms with Crippen LogP contribution in [0.3, 0.4) is 0 Å². The summed E-state index contributed by atoms with van der Waals surface area (Å²) in [6, 6.07) is 15.7. The van der Waals surface area contributed by atoms with E-state index in [-0.39, 0.29) is 43.5 Å². The Balaban J connectivity index is 1.57. The third-order valence-electron chi connectivity index (χ3n) is 11.0. The van der Waals surface area contributed by atoms with E-state index < -0.39 is 11.8 Å². The summed E-state index contributed by atoms with van der Waals surface area (Å²) in [5.74, 6) is 0.333. The summed E-state index contributed by atoms with van der Waals surface area (Å²) in [5, 5.41) is 33.8. The van der Waals surface area contributed by atoms with Crippen molar-refractivity contribution in [3.8, 4) is 11.5 Å². The largest absolute Gasteiger partial charge is 0.490 e. The van der Waals surface area contributed by atoms with Gasteiger partial charge >= 0.3 is 0 Å². The lowest BCUT2D eigenvalue weighted by atomic mass is 9.55. The number of hydrogen-bond acceptors (Lipinski definition) is 9. The molecule has 284 valence electrons. The van der Waals surface area contributed by atoms with Gasteiger partial charge in [-0.05, 0) is 79.7 Å². The summed E-state index contributed by atoms with van der Waals surface area (Å²) in [7, 11) is 0. The van der Waals surface area contributed by atoms with Gasteiger partial charge in [0.25, 0.3) is 0 Å². The minimum absolute atomic E-state index is 0.0570.